The number of ether oxygens (including phenoxy) is 3. The highest BCUT2D eigenvalue weighted by Gasteiger charge is 2.57. The SMILES string of the molecule is COCCCNC(=O)[C@@H]1C[C@H]2CC[C@@H]1C[C@@]21NC(=O)c2ccc(OC)cc2O1. The summed E-state index contributed by atoms with van der Waals surface area (Å²) in [7, 11) is 3.26. The van der Waals surface area contributed by atoms with Gasteiger partial charge in [-0.15, -0.1) is 0 Å². The second-order valence-corrected chi connectivity index (χ2v) is 8.03. The van der Waals surface area contributed by atoms with Crippen molar-refractivity contribution in [2.45, 2.75) is 37.8 Å². The lowest BCUT2D eigenvalue weighted by Crippen LogP contribution is -2.66. The lowest BCUT2D eigenvalue weighted by atomic mass is 9.60. The van der Waals surface area contributed by atoms with Crippen LogP contribution in [0.4, 0.5) is 0 Å². The van der Waals surface area contributed by atoms with Gasteiger partial charge in [-0.1, -0.05) is 0 Å². The van der Waals surface area contributed by atoms with Crippen molar-refractivity contribution in [3.63, 3.8) is 0 Å². The smallest absolute Gasteiger partial charge is 0.258 e. The molecular weight excluding hydrogens is 360 g/mol. The standard InChI is InChI=1S/C21H28N2O5/c1-26-9-3-8-22-19(24)17-10-14-5-4-13(17)12-21(14)23-20(25)16-7-6-15(27-2)11-18(16)28-21/h6-7,11,13-14,17H,3-5,8-10,12H2,1-2H3,(H,22,24)(H,23,25)/t13-,14-,17-,21+/m1/s1. The predicted molar refractivity (Wildman–Crippen MR) is 102 cm³/mol. The maximum atomic E-state index is 12.7. The number of rotatable bonds is 6. The third-order valence-electron chi connectivity index (χ3n) is 6.43. The Labute approximate surface area is 165 Å². The van der Waals surface area contributed by atoms with Crippen LogP contribution in [0.15, 0.2) is 18.2 Å². The van der Waals surface area contributed by atoms with Gasteiger partial charge in [0.25, 0.3) is 5.91 Å². The Morgan fingerprint density at radius 2 is 2.21 bits per heavy atom. The number of hydrogen-bond acceptors (Lipinski definition) is 5. The topological polar surface area (TPSA) is 85.9 Å². The number of fused-ring (bicyclic) bond motifs is 3. The summed E-state index contributed by atoms with van der Waals surface area (Å²) in [5, 5.41) is 6.17. The first-order chi connectivity index (χ1) is 13.6. The first-order valence-corrected chi connectivity index (χ1v) is 10.0. The van der Waals surface area contributed by atoms with E-state index >= 15 is 0 Å². The van der Waals surface area contributed by atoms with E-state index in [-0.39, 0.29) is 29.6 Å². The molecule has 3 aliphatic carbocycles. The molecule has 7 heteroatoms. The fourth-order valence-corrected chi connectivity index (χ4v) is 5.00. The highest BCUT2D eigenvalue weighted by atomic mass is 16.5. The molecule has 0 saturated heterocycles. The van der Waals surface area contributed by atoms with Gasteiger partial charge in [0.05, 0.1) is 12.7 Å². The summed E-state index contributed by atoms with van der Waals surface area (Å²) in [4.78, 5) is 25.4. The Morgan fingerprint density at radius 1 is 1.36 bits per heavy atom. The lowest BCUT2D eigenvalue weighted by molar-refractivity contribution is -0.146. The van der Waals surface area contributed by atoms with Crippen molar-refractivity contribution in [3.8, 4) is 11.5 Å². The minimum absolute atomic E-state index is 0.0147. The van der Waals surface area contributed by atoms with E-state index in [1.54, 1.807) is 32.4 Å². The maximum Gasteiger partial charge on any atom is 0.258 e. The molecule has 0 radical (unpaired) electrons. The van der Waals surface area contributed by atoms with Crippen molar-refractivity contribution >= 4 is 11.8 Å². The van der Waals surface area contributed by atoms with Gasteiger partial charge in [0.2, 0.25) is 5.91 Å². The molecule has 1 spiro atoms. The average Bonchev–Trinajstić information content (AvgIpc) is 2.70. The summed E-state index contributed by atoms with van der Waals surface area (Å²) >= 11 is 0. The van der Waals surface area contributed by atoms with Gasteiger partial charge in [-0.05, 0) is 43.7 Å². The van der Waals surface area contributed by atoms with Gasteiger partial charge in [-0.3, -0.25) is 9.59 Å². The molecular formula is C21H28N2O5. The van der Waals surface area contributed by atoms with Crippen molar-refractivity contribution in [3.05, 3.63) is 23.8 Å². The van der Waals surface area contributed by atoms with Crippen LogP contribution in [0.5, 0.6) is 11.5 Å². The van der Waals surface area contributed by atoms with Crippen molar-refractivity contribution in [1.82, 2.24) is 10.6 Å². The minimum Gasteiger partial charge on any atom is -0.497 e. The van der Waals surface area contributed by atoms with Gasteiger partial charge in [-0.2, -0.15) is 0 Å². The van der Waals surface area contributed by atoms with Crippen molar-refractivity contribution in [2.24, 2.45) is 17.8 Å². The first kappa shape index (κ1) is 19.1. The number of benzene rings is 1. The summed E-state index contributed by atoms with van der Waals surface area (Å²) in [5.74, 6) is 1.55. The Bertz CT molecular complexity index is 767. The molecule has 2 N–H and O–H groups in total. The molecule has 1 heterocycles. The van der Waals surface area contributed by atoms with Gasteiger partial charge >= 0.3 is 0 Å². The molecule has 28 heavy (non-hydrogen) atoms. The van der Waals surface area contributed by atoms with Crippen LogP contribution >= 0.6 is 0 Å². The molecule has 3 saturated carbocycles. The van der Waals surface area contributed by atoms with Gasteiger partial charge in [0, 0.05) is 44.6 Å². The summed E-state index contributed by atoms with van der Waals surface area (Å²) in [6.07, 6.45) is 4.16. The molecule has 0 unspecified atom stereocenters. The van der Waals surface area contributed by atoms with E-state index in [9.17, 15) is 9.59 Å². The van der Waals surface area contributed by atoms with Crippen LogP contribution in [0.2, 0.25) is 0 Å². The van der Waals surface area contributed by atoms with E-state index in [1.165, 1.54) is 0 Å². The third kappa shape index (κ3) is 3.32. The third-order valence-corrected chi connectivity index (χ3v) is 6.43. The number of methoxy groups -OCH3 is 2. The normalized spacial score (nSPS) is 30.4. The molecule has 152 valence electrons. The van der Waals surface area contributed by atoms with E-state index in [1.807, 2.05) is 0 Å². The van der Waals surface area contributed by atoms with Crippen molar-refractivity contribution in [2.75, 3.05) is 27.4 Å². The van der Waals surface area contributed by atoms with Gasteiger partial charge in [0.1, 0.15) is 11.5 Å². The van der Waals surface area contributed by atoms with E-state index in [0.29, 0.717) is 36.6 Å². The molecule has 7 nitrogen and oxygen atoms in total. The molecule has 1 aromatic carbocycles. The molecule has 2 amide bonds. The van der Waals surface area contributed by atoms with Crippen molar-refractivity contribution in [1.29, 1.82) is 0 Å². The van der Waals surface area contributed by atoms with Crippen LogP contribution in [0.3, 0.4) is 0 Å². The summed E-state index contributed by atoms with van der Waals surface area (Å²) in [5.41, 5.74) is -0.188. The number of hydrogen-bond donors (Lipinski definition) is 2. The van der Waals surface area contributed by atoms with Crippen LogP contribution < -0.4 is 20.1 Å². The molecule has 4 aliphatic rings. The Hall–Kier alpha value is -2.28. The summed E-state index contributed by atoms with van der Waals surface area (Å²) in [6, 6.07) is 5.27. The molecule has 1 aromatic rings. The van der Waals surface area contributed by atoms with Crippen LogP contribution in [-0.2, 0) is 9.53 Å². The summed E-state index contributed by atoms with van der Waals surface area (Å²) < 4.78 is 16.7. The van der Waals surface area contributed by atoms with Gasteiger partial charge in [-0.25, -0.2) is 0 Å². The van der Waals surface area contributed by atoms with Crippen LogP contribution in [0.25, 0.3) is 0 Å². The number of amides is 2. The number of nitrogens with one attached hydrogen (secondary N) is 2. The highest BCUT2D eigenvalue weighted by Crippen LogP contribution is 2.52. The number of carbonyl (C=O) groups excluding carboxylic acids is 2. The lowest BCUT2D eigenvalue weighted by Gasteiger charge is -2.55. The fraction of sp³-hybridized carbons (Fsp3) is 0.619. The number of carbonyl (C=O) groups is 2. The van der Waals surface area contributed by atoms with E-state index < -0.39 is 5.72 Å². The van der Waals surface area contributed by atoms with Crippen LogP contribution in [0.1, 0.15) is 42.5 Å². The van der Waals surface area contributed by atoms with Crippen LogP contribution in [-0.4, -0.2) is 44.9 Å². The zero-order valence-electron chi connectivity index (χ0n) is 16.5. The second-order valence-electron chi connectivity index (χ2n) is 8.03. The Balaban J connectivity index is 1.48. The van der Waals surface area contributed by atoms with Crippen LogP contribution in [0, 0.1) is 17.8 Å². The van der Waals surface area contributed by atoms with Crippen molar-refractivity contribution < 1.29 is 23.8 Å². The molecule has 2 bridgehead atoms. The van der Waals surface area contributed by atoms with Gasteiger partial charge in [0.15, 0.2) is 5.72 Å². The minimum atomic E-state index is -0.716. The quantitative estimate of drug-likeness (QED) is 0.729. The Morgan fingerprint density at radius 3 is 2.93 bits per heavy atom. The van der Waals surface area contributed by atoms with Gasteiger partial charge < -0.3 is 24.8 Å². The van der Waals surface area contributed by atoms with E-state index in [0.717, 1.165) is 25.7 Å². The molecule has 1 aliphatic heterocycles. The molecule has 3 fully saturated rings. The largest absolute Gasteiger partial charge is 0.497 e. The zero-order valence-corrected chi connectivity index (χ0v) is 16.5. The zero-order chi connectivity index (χ0) is 19.7. The fourth-order valence-electron chi connectivity index (χ4n) is 5.00. The highest BCUT2D eigenvalue weighted by molar-refractivity contribution is 5.98. The summed E-state index contributed by atoms with van der Waals surface area (Å²) in [6.45, 7) is 1.27. The second kappa shape index (κ2) is 7.62. The predicted octanol–water partition coefficient (Wildman–Crippen LogP) is 2.10. The van der Waals surface area contributed by atoms with E-state index in [4.69, 9.17) is 14.2 Å². The molecule has 4 atom stereocenters. The first-order valence-electron chi connectivity index (χ1n) is 10.0. The monoisotopic (exact) mass is 388 g/mol. The molecule has 5 rings (SSSR count). The maximum absolute atomic E-state index is 12.7. The Kier molecular flexibility index (Phi) is 5.19. The average molecular weight is 388 g/mol. The molecule has 0 aromatic heterocycles. The van der Waals surface area contributed by atoms with E-state index in [2.05, 4.69) is 10.6 Å².